The van der Waals surface area contributed by atoms with E-state index < -0.39 is 8.07 Å². The summed E-state index contributed by atoms with van der Waals surface area (Å²) in [6.07, 6.45) is 1.93. The third-order valence-corrected chi connectivity index (χ3v) is 13.5. The Labute approximate surface area is 326 Å². The molecule has 7 heteroatoms. The number of anilines is 3. The van der Waals surface area contributed by atoms with Crippen LogP contribution in [0.15, 0.2) is 152 Å². The van der Waals surface area contributed by atoms with Crippen LogP contribution in [0.3, 0.4) is 0 Å². The van der Waals surface area contributed by atoms with Crippen molar-refractivity contribution in [2.75, 3.05) is 10.1 Å². The van der Waals surface area contributed by atoms with E-state index in [1.54, 1.807) is 0 Å². The zero-order chi connectivity index (χ0) is 35.4. The molecular weight excluding hydrogens is 848 g/mol. The third-order valence-electron chi connectivity index (χ3n) is 10.3. The van der Waals surface area contributed by atoms with Crippen molar-refractivity contribution >= 4 is 57.3 Å². The quantitative estimate of drug-likeness (QED) is 0.0909. The molecule has 264 valence electrons. The van der Waals surface area contributed by atoms with Crippen molar-refractivity contribution in [3.05, 3.63) is 164 Å². The van der Waals surface area contributed by atoms with Crippen LogP contribution in [0.1, 0.15) is 13.8 Å². The number of pyridine rings is 1. The molecule has 2 aromatic heterocycles. The number of hydrogen-bond donors (Lipinski definition) is 0. The molecule has 0 bridgehead atoms. The van der Waals surface area contributed by atoms with Gasteiger partial charge in [0.05, 0.1) is 14.1 Å². The van der Waals surface area contributed by atoms with Gasteiger partial charge in [-0.1, -0.05) is 104 Å². The Morgan fingerprint density at radius 1 is 0.623 bits per heavy atom. The number of nitrogens with zero attached hydrogens (tertiary/aromatic N) is 4. The Kier molecular flexibility index (Phi) is 9.15. The predicted molar refractivity (Wildman–Crippen MR) is 218 cm³/mol. The van der Waals surface area contributed by atoms with Gasteiger partial charge in [0.25, 0.3) is 0 Å². The van der Waals surface area contributed by atoms with Gasteiger partial charge in [-0.2, -0.15) is 51.7 Å². The van der Waals surface area contributed by atoms with Crippen LogP contribution in [-0.2, 0) is 21.1 Å². The largest absolute Gasteiger partial charge is 0.319 e. The number of benzene rings is 6. The van der Waals surface area contributed by atoms with Gasteiger partial charge in [-0.05, 0) is 71.8 Å². The fraction of sp³-hybridized carbons (Fsp3) is 0.109. The van der Waals surface area contributed by atoms with E-state index in [-0.39, 0.29) is 27.1 Å². The van der Waals surface area contributed by atoms with Crippen LogP contribution < -0.4 is 20.5 Å². The third kappa shape index (κ3) is 6.01. The summed E-state index contributed by atoms with van der Waals surface area (Å²) in [5.74, 6) is 0.872. The molecule has 1 aliphatic rings. The molecule has 0 radical (unpaired) electrons. The van der Waals surface area contributed by atoms with Crippen LogP contribution in [0.5, 0.6) is 0 Å². The molecule has 0 unspecified atom stereocenters. The van der Waals surface area contributed by atoms with Gasteiger partial charge >= 0.3 is 0 Å². The molecular formula is C46H39N4OPtSi-. The summed E-state index contributed by atoms with van der Waals surface area (Å²) in [6.45, 7) is 9.12. The van der Waals surface area contributed by atoms with Gasteiger partial charge in [0, 0.05) is 38.5 Å². The van der Waals surface area contributed by atoms with Crippen LogP contribution in [-0.4, -0.2) is 28.6 Å². The normalized spacial score (nSPS) is 12.8. The summed E-state index contributed by atoms with van der Waals surface area (Å²) in [4.78, 5) is 10.00. The summed E-state index contributed by atoms with van der Waals surface area (Å²) in [5.41, 5.74) is 9.97. The molecule has 8 aromatic rings. The monoisotopic (exact) mass is 886 g/mol. The molecule has 0 fully saturated rings. The molecule has 1 aliphatic heterocycles. The Bertz CT molecular complexity index is 2600. The fourth-order valence-corrected chi connectivity index (χ4v) is 9.66. The summed E-state index contributed by atoms with van der Waals surface area (Å²) in [6, 6.07) is 59.6. The van der Waals surface area contributed by atoms with Gasteiger partial charge in [-0.15, -0.1) is 21.6 Å². The molecule has 3 heterocycles. The minimum absolute atomic E-state index is 0. The van der Waals surface area contributed by atoms with E-state index in [9.17, 15) is 0 Å². The summed E-state index contributed by atoms with van der Waals surface area (Å²) in [7, 11) is -2.29. The van der Waals surface area contributed by atoms with Gasteiger partial charge < -0.3 is 4.57 Å². The maximum absolute atomic E-state index is 5.02. The number of para-hydroxylation sites is 3. The number of rotatable bonds is 7. The van der Waals surface area contributed by atoms with Crippen LogP contribution in [0.4, 0.5) is 17.1 Å². The number of hydrogen-bond acceptors (Lipinski definition) is 3. The molecule has 53 heavy (non-hydrogen) atoms. The molecule has 6 aromatic carbocycles. The van der Waals surface area contributed by atoms with Crippen molar-refractivity contribution in [1.82, 2.24) is 9.55 Å². The van der Waals surface area contributed by atoms with Crippen molar-refractivity contribution in [3.63, 3.8) is 0 Å². The van der Waals surface area contributed by atoms with E-state index >= 15 is 0 Å². The molecule has 0 saturated carbocycles. The second-order valence-corrected chi connectivity index (χ2v) is 18.5. The first-order chi connectivity index (χ1) is 25.4. The Balaban J connectivity index is 0.00000400. The van der Waals surface area contributed by atoms with Crippen LogP contribution in [0.25, 0.3) is 49.9 Å². The molecule has 0 atom stereocenters. The van der Waals surface area contributed by atoms with E-state index in [1.165, 1.54) is 37.8 Å². The van der Waals surface area contributed by atoms with Gasteiger partial charge in [0.15, 0.2) is 0 Å². The molecule has 9 rings (SSSR count). The zero-order valence-electron chi connectivity index (χ0n) is 30.1. The molecule has 0 amide bonds. The first-order valence-electron chi connectivity index (χ1n) is 17.9. The van der Waals surface area contributed by atoms with Crippen molar-refractivity contribution in [2.45, 2.75) is 33.0 Å². The standard InChI is InChI=1S/C46H38N4OSi.Pt/c1-32(2)49-43-23-12-13-24-44(43)50(51-49)35-17-14-18-36(30-35)52(3,4)37-25-26-41-40-21-10-11-22-42(40)48(45(41)31-37)46-29-34(27-28-47-46)39-20-9-8-19-38(39)33-15-6-5-7-16-33;/h5-29,32H,1-4H3;/q-2;/p+1. The second kappa shape index (κ2) is 13.9. The van der Waals surface area contributed by atoms with Crippen LogP contribution in [0, 0.1) is 12.1 Å². The van der Waals surface area contributed by atoms with E-state index in [0.717, 1.165) is 39.5 Å². The van der Waals surface area contributed by atoms with Crippen LogP contribution >= 0.6 is 0 Å². The summed E-state index contributed by atoms with van der Waals surface area (Å²) >= 11 is 0. The zero-order valence-corrected chi connectivity index (χ0v) is 33.3. The first-order valence-corrected chi connectivity index (χ1v) is 20.9. The smallest absolute Gasteiger partial charge is 0.145 e. The van der Waals surface area contributed by atoms with Crippen molar-refractivity contribution in [1.29, 1.82) is 0 Å². The van der Waals surface area contributed by atoms with E-state index in [0.29, 0.717) is 0 Å². The summed E-state index contributed by atoms with van der Waals surface area (Å²) < 4.78 is 2.29. The van der Waals surface area contributed by atoms with E-state index in [2.05, 4.69) is 194 Å². The molecule has 0 spiro atoms. The van der Waals surface area contributed by atoms with Crippen molar-refractivity contribution in [3.8, 4) is 28.1 Å². The maximum atomic E-state index is 5.02. The Morgan fingerprint density at radius 2 is 1.30 bits per heavy atom. The van der Waals surface area contributed by atoms with Gasteiger partial charge in [0.1, 0.15) is 17.2 Å². The average Bonchev–Trinajstić information content (AvgIpc) is 3.75. The van der Waals surface area contributed by atoms with E-state index in [1.807, 2.05) is 11.3 Å². The minimum atomic E-state index is -2.29. The van der Waals surface area contributed by atoms with Gasteiger partial charge in [-0.3, -0.25) is 0 Å². The fourth-order valence-electron chi connectivity index (χ4n) is 7.49. The van der Waals surface area contributed by atoms with Gasteiger partial charge in [-0.25, -0.2) is 4.98 Å². The second-order valence-electron chi connectivity index (χ2n) is 14.2. The van der Waals surface area contributed by atoms with E-state index in [4.69, 9.17) is 9.92 Å². The molecule has 0 saturated heterocycles. The minimum Gasteiger partial charge on any atom is -0.319 e. The SMILES string of the molecule is CC(C)N1[OH+]N(c2[c-]c([Si](C)(C)c3[c-]c4c(cc3)c3ccccc3n4-c3cc(-c4ccccc4-c4ccccc4)ccn3)ccc2)c2ccccc21.[Pt]. The summed E-state index contributed by atoms with van der Waals surface area (Å²) in [5, 5.41) is 8.89. The molecule has 5 nitrogen and oxygen atoms in total. The Hall–Kier alpha value is -5.26. The maximum Gasteiger partial charge on any atom is 0.145 e. The van der Waals surface area contributed by atoms with Crippen molar-refractivity contribution < 1.29 is 26.0 Å². The predicted octanol–water partition coefficient (Wildman–Crippen LogP) is 10.1. The van der Waals surface area contributed by atoms with Crippen LogP contribution in [0.2, 0.25) is 13.1 Å². The molecule has 0 aliphatic carbocycles. The number of aromatic nitrogens is 2. The first kappa shape index (κ1) is 34.8. The number of fused-ring (bicyclic) bond motifs is 4. The number of hydroxylamine groups is 1. The van der Waals surface area contributed by atoms with Crippen molar-refractivity contribution in [2.24, 2.45) is 0 Å². The topological polar surface area (TPSA) is 37.1 Å². The average molecular weight is 887 g/mol. The van der Waals surface area contributed by atoms with Gasteiger partial charge in [0.2, 0.25) is 0 Å². The Morgan fingerprint density at radius 3 is 2.09 bits per heavy atom. The molecule has 1 N–H and O–H groups in total.